The molecule has 1 aromatic carbocycles. The van der Waals surface area contributed by atoms with Gasteiger partial charge in [0.2, 0.25) is 5.91 Å². The highest BCUT2D eigenvalue weighted by Gasteiger charge is 2.27. The molecule has 1 heterocycles. The van der Waals surface area contributed by atoms with Gasteiger partial charge in [-0.2, -0.15) is 0 Å². The molecular weight excluding hydrogens is 280 g/mol. The SMILES string of the molecule is Cc1ccc(SCC(=O)N2CCCC2CN)cc1.Cl. The number of aryl methyl sites for hydroxylation is 1. The summed E-state index contributed by atoms with van der Waals surface area (Å²) in [5, 5.41) is 0. The average molecular weight is 301 g/mol. The topological polar surface area (TPSA) is 46.3 Å². The Labute approximate surface area is 125 Å². The second-order valence-corrected chi connectivity index (χ2v) is 5.77. The number of carbonyl (C=O) groups excluding carboxylic acids is 1. The fraction of sp³-hybridized carbons (Fsp3) is 0.500. The second-order valence-electron chi connectivity index (χ2n) is 4.72. The molecule has 0 radical (unpaired) electrons. The van der Waals surface area contributed by atoms with Crippen LogP contribution >= 0.6 is 24.2 Å². The quantitative estimate of drug-likeness (QED) is 0.869. The van der Waals surface area contributed by atoms with Crippen LogP contribution in [0.3, 0.4) is 0 Å². The molecule has 1 unspecified atom stereocenters. The Balaban J connectivity index is 0.00000180. The highest BCUT2D eigenvalue weighted by Crippen LogP contribution is 2.22. The minimum Gasteiger partial charge on any atom is -0.338 e. The molecule has 1 aromatic rings. The number of rotatable bonds is 4. The van der Waals surface area contributed by atoms with Gasteiger partial charge in [-0.15, -0.1) is 24.2 Å². The van der Waals surface area contributed by atoms with Crippen molar-refractivity contribution in [2.75, 3.05) is 18.8 Å². The van der Waals surface area contributed by atoms with Gasteiger partial charge in [0.1, 0.15) is 0 Å². The molecule has 0 spiro atoms. The maximum absolute atomic E-state index is 12.1. The summed E-state index contributed by atoms with van der Waals surface area (Å²) in [6.45, 7) is 3.52. The molecule has 1 fully saturated rings. The molecule has 19 heavy (non-hydrogen) atoms. The number of nitrogens with two attached hydrogens (primary N) is 1. The first kappa shape index (κ1) is 16.3. The molecule has 2 N–H and O–H groups in total. The van der Waals surface area contributed by atoms with Gasteiger partial charge >= 0.3 is 0 Å². The maximum atomic E-state index is 12.1. The molecule has 1 atom stereocenters. The predicted octanol–water partition coefficient (Wildman–Crippen LogP) is 2.46. The van der Waals surface area contributed by atoms with E-state index >= 15 is 0 Å². The molecule has 1 aliphatic rings. The van der Waals surface area contributed by atoms with Gasteiger partial charge in [-0.3, -0.25) is 4.79 Å². The van der Waals surface area contributed by atoms with E-state index in [-0.39, 0.29) is 24.4 Å². The smallest absolute Gasteiger partial charge is 0.233 e. The molecule has 0 saturated carbocycles. The lowest BCUT2D eigenvalue weighted by Gasteiger charge is -2.23. The Morgan fingerprint density at radius 3 is 2.74 bits per heavy atom. The average Bonchev–Trinajstić information content (AvgIpc) is 2.86. The van der Waals surface area contributed by atoms with Crippen molar-refractivity contribution in [1.82, 2.24) is 4.90 Å². The van der Waals surface area contributed by atoms with E-state index in [0.717, 1.165) is 24.3 Å². The number of nitrogens with zero attached hydrogens (tertiary/aromatic N) is 1. The monoisotopic (exact) mass is 300 g/mol. The summed E-state index contributed by atoms with van der Waals surface area (Å²) in [5.74, 6) is 0.730. The molecule has 1 aliphatic heterocycles. The number of amides is 1. The fourth-order valence-corrected chi connectivity index (χ4v) is 3.06. The summed E-state index contributed by atoms with van der Waals surface area (Å²) in [4.78, 5) is 15.2. The molecule has 2 rings (SSSR count). The number of hydrogen-bond donors (Lipinski definition) is 1. The van der Waals surface area contributed by atoms with Gasteiger partial charge in [-0.1, -0.05) is 17.7 Å². The molecule has 1 saturated heterocycles. The van der Waals surface area contributed by atoms with E-state index in [0.29, 0.717) is 12.3 Å². The molecule has 106 valence electrons. The molecule has 0 aromatic heterocycles. The highest BCUT2D eigenvalue weighted by molar-refractivity contribution is 8.00. The zero-order chi connectivity index (χ0) is 13.0. The van der Waals surface area contributed by atoms with E-state index < -0.39 is 0 Å². The molecule has 5 heteroatoms. The first-order valence-electron chi connectivity index (χ1n) is 6.39. The summed E-state index contributed by atoms with van der Waals surface area (Å²) >= 11 is 1.60. The third kappa shape index (κ3) is 4.41. The fourth-order valence-electron chi connectivity index (χ4n) is 2.27. The highest BCUT2D eigenvalue weighted by atomic mass is 35.5. The Bertz CT molecular complexity index is 410. The van der Waals surface area contributed by atoms with Crippen molar-refractivity contribution in [2.45, 2.75) is 30.7 Å². The van der Waals surface area contributed by atoms with Crippen molar-refractivity contribution in [1.29, 1.82) is 0 Å². The van der Waals surface area contributed by atoms with Crippen LogP contribution in [0.25, 0.3) is 0 Å². The van der Waals surface area contributed by atoms with Gasteiger partial charge < -0.3 is 10.6 Å². The molecule has 0 aliphatic carbocycles. The van der Waals surface area contributed by atoms with E-state index in [1.54, 1.807) is 11.8 Å². The van der Waals surface area contributed by atoms with Crippen LogP contribution in [-0.4, -0.2) is 35.7 Å². The third-order valence-electron chi connectivity index (χ3n) is 3.35. The second kappa shape index (κ2) is 7.78. The van der Waals surface area contributed by atoms with Crippen LogP contribution in [-0.2, 0) is 4.79 Å². The summed E-state index contributed by atoms with van der Waals surface area (Å²) in [5.41, 5.74) is 6.93. The normalized spacial score (nSPS) is 18.2. The van der Waals surface area contributed by atoms with Gasteiger partial charge in [-0.25, -0.2) is 0 Å². The van der Waals surface area contributed by atoms with Crippen LogP contribution in [0.1, 0.15) is 18.4 Å². The lowest BCUT2D eigenvalue weighted by atomic mass is 10.2. The lowest BCUT2D eigenvalue weighted by Crippen LogP contribution is -2.40. The Kier molecular flexibility index (Phi) is 6.69. The molecule has 0 bridgehead atoms. The number of likely N-dealkylation sites (tertiary alicyclic amines) is 1. The molecule has 1 amide bonds. The van der Waals surface area contributed by atoms with Gasteiger partial charge in [0.25, 0.3) is 0 Å². The van der Waals surface area contributed by atoms with Crippen molar-refractivity contribution in [3.63, 3.8) is 0 Å². The van der Waals surface area contributed by atoms with Crippen molar-refractivity contribution in [2.24, 2.45) is 5.73 Å². The van der Waals surface area contributed by atoms with Crippen molar-refractivity contribution in [3.8, 4) is 0 Å². The largest absolute Gasteiger partial charge is 0.338 e. The summed E-state index contributed by atoms with van der Waals surface area (Å²) < 4.78 is 0. The van der Waals surface area contributed by atoms with E-state index in [2.05, 4.69) is 31.2 Å². The summed E-state index contributed by atoms with van der Waals surface area (Å²) in [7, 11) is 0. The van der Waals surface area contributed by atoms with Gasteiger partial charge in [-0.05, 0) is 31.9 Å². The Hall–Kier alpha value is -0.710. The van der Waals surface area contributed by atoms with Crippen LogP contribution in [0.4, 0.5) is 0 Å². The zero-order valence-electron chi connectivity index (χ0n) is 11.2. The van der Waals surface area contributed by atoms with E-state index in [4.69, 9.17) is 5.73 Å². The lowest BCUT2D eigenvalue weighted by molar-refractivity contribution is -0.128. The van der Waals surface area contributed by atoms with Crippen LogP contribution < -0.4 is 5.73 Å². The van der Waals surface area contributed by atoms with Gasteiger partial charge in [0.15, 0.2) is 0 Å². The van der Waals surface area contributed by atoms with Crippen molar-refractivity contribution < 1.29 is 4.79 Å². The summed E-state index contributed by atoms with van der Waals surface area (Å²) in [6.07, 6.45) is 2.14. The number of halogens is 1. The summed E-state index contributed by atoms with van der Waals surface area (Å²) in [6, 6.07) is 8.54. The number of benzene rings is 1. The van der Waals surface area contributed by atoms with Gasteiger partial charge in [0.05, 0.1) is 5.75 Å². The van der Waals surface area contributed by atoms with E-state index in [9.17, 15) is 4.79 Å². The van der Waals surface area contributed by atoms with Crippen LogP contribution in [0.2, 0.25) is 0 Å². The number of thioether (sulfide) groups is 1. The third-order valence-corrected chi connectivity index (χ3v) is 4.35. The first-order chi connectivity index (χ1) is 8.70. The maximum Gasteiger partial charge on any atom is 0.233 e. The Morgan fingerprint density at radius 1 is 1.42 bits per heavy atom. The van der Waals surface area contributed by atoms with Gasteiger partial charge in [0, 0.05) is 24.0 Å². The van der Waals surface area contributed by atoms with E-state index in [1.165, 1.54) is 5.56 Å². The van der Waals surface area contributed by atoms with E-state index in [1.807, 2.05) is 4.90 Å². The molecule has 3 nitrogen and oxygen atoms in total. The van der Waals surface area contributed by atoms with Crippen LogP contribution in [0, 0.1) is 6.92 Å². The predicted molar refractivity (Wildman–Crippen MR) is 82.9 cm³/mol. The van der Waals surface area contributed by atoms with Crippen molar-refractivity contribution in [3.05, 3.63) is 29.8 Å². The standard InChI is InChI=1S/C14H20N2OS.ClH/c1-11-4-6-13(7-5-11)18-10-14(17)16-8-2-3-12(16)9-15;/h4-7,12H,2-3,8-10,15H2,1H3;1H. The van der Waals surface area contributed by atoms with Crippen LogP contribution in [0.15, 0.2) is 29.2 Å². The number of carbonyl (C=O) groups is 1. The number of hydrogen-bond acceptors (Lipinski definition) is 3. The Morgan fingerprint density at radius 2 is 2.11 bits per heavy atom. The zero-order valence-corrected chi connectivity index (χ0v) is 12.8. The first-order valence-corrected chi connectivity index (χ1v) is 7.38. The van der Waals surface area contributed by atoms with Crippen LogP contribution in [0.5, 0.6) is 0 Å². The minimum atomic E-state index is 0. The minimum absolute atomic E-state index is 0. The molecular formula is C14H21ClN2OS. The van der Waals surface area contributed by atoms with Crippen molar-refractivity contribution >= 4 is 30.1 Å².